The van der Waals surface area contributed by atoms with Crippen LogP contribution in [0.5, 0.6) is 0 Å². The number of nitrogens with zero attached hydrogens (tertiary/aromatic N) is 1. The van der Waals surface area contributed by atoms with E-state index in [-0.39, 0.29) is 49.0 Å². The number of nitrogens with one attached hydrogen (secondary N) is 2. The number of epoxide rings is 1. The average molecular weight is 736 g/mol. The monoisotopic (exact) mass is 735 g/mol. The molecule has 3 unspecified atom stereocenters. The maximum Gasteiger partial charge on any atom is 0.340 e. The van der Waals surface area contributed by atoms with Gasteiger partial charge in [0, 0.05) is 43.1 Å². The molecule has 11 heteroatoms. The van der Waals surface area contributed by atoms with Crippen molar-refractivity contribution >= 4 is 35.5 Å². The van der Waals surface area contributed by atoms with Crippen molar-refractivity contribution in [3.8, 4) is 0 Å². The van der Waals surface area contributed by atoms with Gasteiger partial charge in [-0.05, 0) is 57.6 Å². The van der Waals surface area contributed by atoms with Gasteiger partial charge >= 0.3 is 11.9 Å². The Balaban J connectivity index is 1.74. The molecule has 284 valence electrons. The van der Waals surface area contributed by atoms with E-state index >= 15 is 0 Å². The first-order valence-electron chi connectivity index (χ1n) is 18.1. The number of ether oxygens (including phenoxy) is 3. The van der Waals surface area contributed by atoms with E-state index in [0.717, 1.165) is 37.9 Å². The maximum atomic E-state index is 13.3. The minimum atomic E-state index is -1.31. The molecule has 1 aliphatic rings. The number of hydrogen-bond acceptors (Lipinski definition) is 9. The zero-order chi connectivity index (χ0) is 37.9. The van der Waals surface area contributed by atoms with Crippen LogP contribution in [0.4, 0.5) is 0 Å². The first-order chi connectivity index (χ1) is 25.1. The molecule has 1 saturated heterocycles. The van der Waals surface area contributed by atoms with Crippen LogP contribution < -0.4 is 10.6 Å². The molecule has 0 bridgehead atoms. The van der Waals surface area contributed by atoms with Gasteiger partial charge in [0.15, 0.2) is 6.10 Å². The molecule has 2 N–H and O–H groups in total. The highest BCUT2D eigenvalue weighted by atomic mass is 32.2. The van der Waals surface area contributed by atoms with Crippen molar-refractivity contribution < 1.29 is 33.4 Å². The second-order valence-electron chi connectivity index (χ2n) is 12.8. The highest BCUT2D eigenvalue weighted by Crippen LogP contribution is 2.31. The first kappa shape index (κ1) is 43.9. The molecule has 1 aromatic rings. The lowest BCUT2D eigenvalue weighted by atomic mass is 9.86. The number of carbonyl (C=O) groups excluding carboxylic acids is 4. The molecular weight excluding hydrogens is 679 g/mol. The Morgan fingerprint density at radius 3 is 2.00 bits per heavy atom. The van der Waals surface area contributed by atoms with Gasteiger partial charge in [-0.2, -0.15) is 0 Å². The molecule has 2 heterocycles. The quantitative estimate of drug-likeness (QED) is 0.0433. The fourth-order valence-electron chi connectivity index (χ4n) is 4.52. The minimum Gasteiger partial charge on any atom is -0.465 e. The van der Waals surface area contributed by atoms with Crippen LogP contribution in [-0.2, 0) is 28.6 Å². The van der Waals surface area contributed by atoms with Crippen molar-refractivity contribution in [2.24, 2.45) is 5.41 Å². The van der Waals surface area contributed by atoms with Gasteiger partial charge in [-0.15, -0.1) is 11.8 Å². The molecule has 1 fully saturated rings. The van der Waals surface area contributed by atoms with E-state index in [1.54, 1.807) is 37.8 Å². The van der Waals surface area contributed by atoms with Gasteiger partial charge in [-0.25, -0.2) is 4.79 Å². The second-order valence-corrected chi connectivity index (χ2v) is 14.0. The molecule has 0 aromatic carbocycles. The van der Waals surface area contributed by atoms with Crippen LogP contribution >= 0.6 is 11.8 Å². The van der Waals surface area contributed by atoms with E-state index in [1.165, 1.54) is 18.5 Å². The largest absolute Gasteiger partial charge is 0.465 e. The van der Waals surface area contributed by atoms with Crippen molar-refractivity contribution in [1.29, 1.82) is 0 Å². The third-order valence-corrected chi connectivity index (χ3v) is 8.83. The second kappa shape index (κ2) is 26.5. The van der Waals surface area contributed by atoms with Gasteiger partial charge in [0.1, 0.15) is 12.0 Å². The SMILES string of the molecule is CCC=CCC=CCC=CCC=CCC=CCC=CCC(=O)OCC(C)(C)C(OC(=O)c1cccnc1)C(=O)NCCC(=O)NCCSC1OC1C. The zero-order valence-corrected chi connectivity index (χ0v) is 32.0. The summed E-state index contributed by atoms with van der Waals surface area (Å²) in [4.78, 5) is 54.9. The molecule has 0 radical (unpaired) electrons. The summed E-state index contributed by atoms with van der Waals surface area (Å²) in [6, 6.07) is 3.12. The molecule has 1 aromatic heterocycles. The van der Waals surface area contributed by atoms with E-state index in [0.29, 0.717) is 13.0 Å². The maximum absolute atomic E-state index is 13.3. The van der Waals surface area contributed by atoms with E-state index in [2.05, 4.69) is 77.2 Å². The Morgan fingerprint density at radius 2 is 1.46 bits per heavy atom. The molecule has 52 heavy (non-hydrogen) atoms. The third kappa shape index (κ3) is 20.6. The standard InChI is InChI=1S/C41H57N3O7S/c1-5-6-7-8-9-10-11-12-13-14-15-16-17-18-19-20-21-22-25-36(46)49-32-41(3,4)37(51-39(48)34-24-23-27-42-31-34)38(47)44-28-26-35(45)43-29-30-52-40-33(2)50-40/h6-7,9-10,12-13,15-16,18-19,21-24,27,31,33,37,40H,5,8,11,14,17,20,25-26,28-30,32H2,1-4H3,(H,43,45)(H,44,47). The normalized spacial score (nSPS) is 16.8. The fourth-order valence-corrected chi connectivity index (χ4v) is 5.49. The van der Waals surface area contributed by atoms with Gasteiger partial charge in [-0.1, -0.05) is 93.7 Å². The number of esters is 2. The van der Waals surface area contributed by atoms with Crippen LogP contribution in [0.2, 0.25) is 0 Å². The van der Waals surface area contributed by atoms with Crippen LogP contribution in [0.1, 0.15) is 89.4 Å². The minimum absolute atomic E-state index is 0.0417. The smallest absolute Gasteiger partial charge is 0.340 e. The van der Waals surface area contributed by atoms with Gasteiger partial charge in [-0.3, -0.25) is 19.4 Å². The average Bonchev–Trinajstić information content (AvgIpc) is 3.85. The van der Waals surface area contributed by atoms with Gasteiger partial charge < -0.3 is 24.8 Å². The van der Waals surface area contributed by atoms with E-state index in [1.807, 2.05) is 19.1 Å². The summed E-state index contributed by atoms with van der Waals surface area (Å²) in [5.74, 6) is -1.29. The first-order valence-corrected chi connectivity index (χ1v) is 19.2. The van der Waals surface area contributed by atoms with Crippen molar-refractivity contribution in [3.63, 3.8) is 0 Å². The molecule has 0 saturated carbocycles. The molecule has 10 nitrogen and oxygen atoms in total. The number of pyridine rings is 1. The van der Waals surface area contributed by atoms with Crippen molar-refractivity contribution in [3.05, 3.63) is 103 Å². The van der Waals surface area contributed by atoms with Crippen molar-refractivity contribution in [2.75, 3.05) is 25.4 Å². The predicted molar refractivity (Wildman–Crippen MR) is 208 cm³/mol. The highest BCUT2D eigenvalue weighted by molar-refractivity contribution is 8.00. The molecule has 1 aliphatic heterocycles. The van der Waals surface area contributed by atoms with E-state index < -0.39 is 29.4 Å². The predicted octanol–water partition coefficient (Wildman–Crippen LogP) is 7.36. The molecule has 2 amide bonds. The zero-order valence-electron chi connectivity index (χ0n) is 31.2. The summed E-state index contributed by atoms with van der Waals surface area (Å²) < 4.78 is 16.5. The van der Waals surface area contributed by atoms with Gasteiger partial charge in [0.2, 0.25) is 5.91 Å². The lowest BCUT2D eigenvalue weighted by molar-refractivity contribution is -0.152. The number of allylic oxidation sites excluding steroid dienone is 11. The van der Waals surface area contributed by atoms with Crippen LogP contribution in [0.25, 0.3) is 0 Å². The van der Waals surface area contributed by atoms with Crippen molar-refractivity contribution in [1.82, 2.24) is 15.6 Å². The Hall–Kier alpha value is -4.22. The fraction of sp³-hybridized carbons (Fsp3) is 0.488. The summed E-state index contributed by atoms with van der Waals surface area (Å²) in [7, 11) is 0. The topological polar surface area (TPSA) is 136 Å². The number of rotatable bonds is 26. The highest BCUT2D eigenvalue weighted by Gasteiger charge is 2.40. The Labute approximate surface area is 314 Å². The van der Waals surface area contributed by atoms with Gasteiger partial charge in [0.25, 0.3) is 5.91 Å². The Morgan fingerprint density at radius 1 is 0.885 bits per heavy atom. The van der Waals surface area contributed by atoms with Crippen molar-refractivity contribution in [2.45, 2.75) is 96.7 Å². The lowest BCUT2D eigenvalue weighted by Crippen LogP contribution is -2.49. The van der Waals surface area contributed by atoms with Crippen LogP contribution in [0, 0.1) is 5.41 Å². The van der Waals surface area contributed by atoms with Crippen LogP contribution in [-0.4, -0.2) is 71.8 Å². The number of carbonyl (C=O) groups is 4. The Bertz CT molecular complexity index is 1400. The summed E-state index contributed by atoms with van der Waals surface area (Å²) >= 11 is 1.64. The summed E-state index contributed by atoms with van der Waals surface area (Å²) in [5.41, 5.74) is -0.715. The van der Waals surface area contributed by atoms with Crippen LogP contribution in [0.15, 0.2) is 97.4 Å². The molecule has 0 aliphatic carbocycles. The van der Waals surface area contributed by atoms with Gasteiger partial charge in [0.05, 0.1) is 18.1 Å². The lowest BCUT2D eigenvalue weighted by Gasteiger charge is -2.32. The molecular formula is C41H57N3O7S. The Kier molecular flexibility index (Phi) is 22.4. The van der Waals surface area contributed by atoms with E-state index in [9.17, 15) is 19.2 Å². The van der Waals surface area contributed by atoms with Crippen LogP contribution in [0.3, 0.4) is 0 Å². The summed E-state index contributed by atoms with van der Waals surface area (Å²) in [6.45, 7) is 7.84. The molecule has 3 atom stereocenters. The third-order valence-electron chi connectivity index (χ3n) is 7.57. The number of thioether (sulfide) groups is 1. The molecule has 2 rings (SSSR count). The molecule has 0 spiro atoms. The van der Waals surface area contributed by atoms with E-state index in [4.69, 9.17) is 14.2 Å². The number of hydrogen-bond donors (Lipinski definition) is 2. The summed E-state index contributed by atoms with van der Waals surface area (Å²) in [5, 5.41) is 5.51. The summed E-state index contributed by atoms with van der Waals surface area (Å²) in [6.07, 6.45) is 32.4. The number of amides is 2. The number of aromatic nitrogens is 1.